The van der Waals surface area contributed by atoms with Gasteiger partial charge in [-0.1, -0.05) is 42.3 Å². The van der Waals surface area contributed by atoms with Crippen LogP contribution in [-0.4, -0.2) is 25.8 Å². The van der Waals surface area contributed by atoms with Crippen molar-refractivity contribution in [1.82, 2.24) is 0 Å². The van der Waals surface area contributed by atoms with Crippen molar-refractivity contribution in [3.63, 3.8) is 0 Å². The lowest BCUT2D eigenvalue weighted by molar-refractivity contribution is -0.0842. The second-order valence-corrected chi connectivity index (χ2v) is 9.03. The van der Waals surface area contributed by atoms with Crippen molar-refractivity contribution in [3.8, 4) is 0 Å². The van der Waals surface area contributed by atoms with Crippen LogP contribution < -0.4 is 5.73 Å². The number of methoxy groups -OCH3 is 1. The van der Waals surface area contributed by atoms with Crippen LogP contribution in [0.4, 0.5) is 0 Å². The Balaban J connectivity index is 1.85. The minimum Gasteiger partial charge on any atom is -0.462 e. The summed E-state index contributed by atoms with van der Waals surface area (Å²) in [5, 5.41) is 0. The molecule has 0 bridgehead atoms. The standard InChI is InChI=1S/C20H27BrN2O2/c1-4-13-9-19(8-12(2)17(13)24-3)10-14-5-6-15(21)7-16(14)20(19)11-25-18(22)23-20/h5-7,12-13,17H,4,8-11H2,1-3H3,(H2,22,23)/t12-,13+,17+,19+,20+/m1/s1. The van der Waals surface area contributed by atoms with Crippen LogP contribution >= 0.6 is 15.9 Å². The van der Waals surface area contributed by atoms with Crippen molar-refractivity contribution < 1.29 is 9.47 Å². The molecule has 25 heavy (non-hydrogen) atoms. The summed E-state index contributed by atoms with van der Waals surface area (Å²) >= 11 is 3.64. The molecule has 1 heterocycles. The Morgan fingerprint density at radius 2 is 2.20 bits per heavy atom. The molecule has 3 aliphatic rings. The Morgan fingerprint density at radius 1 is 1.40 bits per heavy atom. The fraction of sp³-hybridized carbons (Fsp3) is 0.650. The second-order valence-electron chi connectivity index (χ2n) is 8.11. The summed E-state index contributed by atoms with van der Waals surface area (Å²) < 4.78 is 12.7. The summed E-state index contributed by atoms with van der Waals surface area (Å²) in [5.74, 6) is 1.04. The number of hydrogen-bond donors (Lipinski definition) is 1. The highest BCUT2D eigenvalue weighted by molar-refractivity contribution is 9.10. The van der Waals surface area contributed by atoms with Gasteiger partial charge in [0, 0.05) is 17.0 Å². The second kappa shape index (κ2) is 5.98. The molecule has 0 aromatic heterocycles. The highest BCUT2D eigenvalue weighted by atomic mass is 79.9. The zero-order valence-corrected chi connectivity index (χ0v) is 16.8. The minimum absolute atomic E-state index is 0.0619. The maximum Gasteiger partial charge on any atom is 0.283 e. The molecule has 4 rings (SSSR count). The number of hydrogen-bond acceptors (Lipinski definition) is 4. The molecule has 0 radical (unpaired) electrons. The molecule has 1 aromatic rings. The minimum atomic E-state index is -0.351. The fourth-order valence-electron chi connectivity index (χ4n) is 5.91. The van der Waals surface area contributed by atoms with Crippen LogP contribution in [0.2, 0.25) is 0 Å². The van der Waals surface area contributed by atoms with Crippen LogP contribution in [0.1, 0.15) is 44.2 Å². The first-order valence-electron chi connectivity index (χ1n) is 9.24. The van der Waals surface area contributed by atoms with Gasteiger partial charge in [0.1, 0.15) is 12.1 Å². The van der Waals surface area contributed by atoms with Crippen molar-refractivity contribution >= 4 is 22.0 Å². The summed E-state index contributed by atoms with van der Waals surface area (Å²) in [4.78, 5) is 4.94. The van der Waals surface area contributed by atoms with Gasteiger partial charge in [0.25, 0.3) is 6.02 Å². The lowest BCUT2D eigenvalue weighted by atomic mass is 9.56. The molecule has 1 aliphatic heterocycles. The SMILES string of the molecule is CC[C@H]1C[C@]2(Cc3ccc(Br)cc3[C@@]23COC(N)=N3)C[C@@H](C)[C@@H]1OC. The van der Waals surface area contributed by atoms with Crippen LogP contribution in [-0.2, 0) is 21.4 Å². The Bertz CT molecular complexity index is 722. The summed E-state index contributed by atoms with van der Waals surface area (Å²) in [6.07, 6.45) is 4.70. The average Bonchev–Trinajstić information content (AvgIpc) is 3.08. The molecule has 5 atom stereocenters. The number of benzene rings is 1. The van der Waals surface area contributed by atoms with Gasteiger partial charge in [-0.25, -0.2) is 4.99 Å². The van der Waals surface area contributed by atoms with E-state index in [1.165, 1.54) is 11.1 Å². The normalized spacial score (nSPS) is 39.5. The van der Waals surface area contributed by atoms with Crippen LogP contribution in [0.25, 0.3) is 0 Å². The van der Waals surface area contributed by atoms with Crippen molar-refractivity contribution in [2.24, 2.45) is 28.0 Å². The molecule has 0 amide bonds. The van der Waals surface area contributed by atoms with Crippen LogP contribution in [0.15, 0.2) is 27.7 Å². The summed E-state index contributed by atoms with van der Waals surface area (Å²) in [6.45, 7) is 5.16. The van der Waals surface area contributed by atoms with E-state index in [2.05, 4.69) is 48.0 Å². The lowest BCUT2D eigenvalue weighted by Crippen LogP contribution is -2.52. The van der Waals surface area contributed by atoms with Crippen LogP contribution in [0.5, 0.6) is 0 Å². The molecular formula is C20H27BrN2O2. The number of nitrogens with zero attached hydrogens (tertiary/aromatic N) is 1. The Morgan fingerprint density at radius 3 is 2.84 bits per heavy atom. The maximum absolute atomic E-state index is 6.02. The van der Waals surface area contributed by atoms with E-state index in [0.717, 1.165) is 30.2 Å². The van der Waals surface area contributed by atoms with E-state index in [9.17, 15) is 0 Å². The Labute approximate surface area is 158 Å². The van der Waals surface area contributed by atoms with Crippen molar-refractivity contribution in [1.29, 1.82) is 0 Å². The molecule has 2 spiro atoms. The smallest absolute Gasteiger partial charge is 0.283 e. The number of aliphatic imine (C=N–C) groups is 1. The summed E-state index contributed by atoms with van der Waals surface area (Å²) in [5.41, 5.74) is 8.42. The predicted octanol–water partition coefficient (Wildman–Crippen LogP) is 4.00. The van der Waals surface area contributed by atoms with Gasteiger partial charge in [0.2, 0.25) is 0 Å². The van der Waals surface area contributed by atoms with Crippen molar-refractivity contribution in [2.75, 3.05) is 13.7 Å². The van der Waals surface area contributed by atoms with E-state index < -0.39 is 0 Å². The Kier molecular flexibility index (Phi) is 4.15. The van der Waals surface area contributed by atoms with Crippen LogP contribution in [0, 0.1) is 17.3 Å². The average molecular weight is 407 g/mol. The number of fused-ring (bicyclic) bond motifs is 3. The molecule has 1 fully saturated rings. The van der Waals surface area contributed by atoms with E-state index in [0.29, 0.717) is 30.6 Å². The maximum atomic E-state index is 6.02. The van der Waals surface area contributed by atoms with Gasteiger partial charge in [0.15, 0.2) is 0 Å². The molecule has 0 unspecified atom stereocenters. The number of ether oxygens (including phenoxy) is 2. The first kappa shape index (κ1) is 17.3. The van der Waals surface area contributed by atoms with E-state index in [4.69, 9.17) is 20.2 Å². The number of nitrogens with two attached hydrogens (primary N) is 1. The van der Waals surface area contributed by atoms with Gasteiger partial charge in [-0.15, -0.1) is 0 Å². The molecular weight excluding hydrogens is 380 g/mol. The molecule has 0 saturated heterocycles. The third-order valence-electron chi connectivity index (χ3n) is 6.84. The molecule has 2 N–H and O–H groups in total. The highest BCUT2D eigenvalue weighted by Gasteiger charge is 2.63. The third-order valence-corrected chi connectivity index (χ3v) is 7.33. The fourth-order valence-corrected chi connectivity index (χ4v) is 6.27. The van der Waals surface area contributed by atoms with E-state index >= 15 is 0 Å². The van der Waals surface area contributed by atoms with Gasteiger partial charge in [-0.2, -0.15) is 0 Å². The van der Waals surface area contributed by atoms with Gasteiger partial charge >= 0.3 is 0 Å². The molecule has 5 heteroatoms. The largest absolute Gasteiger partial charge is 0.462 e. The number of amidine groups is 1. The van der Waals surface area contributed by atoms with Gasteiger partial charge in [-0.05, 0) is 54.4 Å². The monoisotopic (exact) mass is 406 g/mol. The van der Waals surface area contributed by atoms with Gasteiger partial charge < -0.3 is 15.2 Å². The lowest BCUT2D eigenvalue weighted by Gasteiger charge is -2.51. The predicted molar refractivity (Wildman–Crippen MR) is 103 cm³/mol. The van der Waals surface area contributed by atoms with Crippen LogP contribution in [0.3, 0.4) is 0 Å². The van der Waals surface area contributed by atoms with Crippen molar-refractivity contribution in [3.05, 3.63) is 33.8 Å². The molecule has 1 aromatic carbocycles. The first-order valence-corrected chi connectivity index (χ1v) is 10.0. The van der Waals surface area contributed by atoms with E-state index in [-0.39, 0.29) is 11.0 Å². The van der Waals surface area contributed by atoms with Gasteiger partial charge in [-0.3, -0.25) is 0 Å². The van der Waals surface area contributed by atoms with E-state index in [1.54, 1.807) is 0 Å². The molecule has 1 saturated carbocycles. The molecule has 2 aliphatic carbocycles. The Hall–Kier alpha value is -1.07. The number of rotatable bonds is 2. The number of halogens is 1. The van der Waals surface area contributed by atoms with Gasteiger partial charge in [0.05, 0.1) is 6.10 Å². The molecule has 136 valence electrons. The quantitative estimate of drug-likeness (QED) is 0.806. The van der Waals surface area contributed by atoms with E-state index in [1.807, 2.05) is 7.11 Å². The summed E-state index contributed by atoms with van der Waals surface area (Å²) in [6, 6.07) is 6.94. The first-order chi connectivity index (χ1) is 11.9. The highest BCUT2D eigenvalue weighted by Crippen LogP contribution is 2.63. The summed E-state index contributed by atoms with van der Waals surface area (Å²) in [7, 11) is 1.85. The van der Waals surface area contributed by atoms with Crippen molar-refractivity contribution in [2.45, 2.75) is 51.2 Å². The zero-order valence-electron chi connectivity index (χ0n) is 15.2. The zero-order chi connectivity index (χ0) is 17.8. The topological polar surface area (TPSA) is 56.8 Å². The third kappa shape index (κ3) is 2.38. The molecule has 4 nitrogen and oxygen atoms in total.